The van der Waals surface area contributed by atoms with Crippen molar-refractivity contribution in [3.8, 4) is 10.8 Å². The van der Waals surface area contributed by atoms with Gasteiger partial charge in [0.2, 0.25) is 5.89 Å². The van der Waals surface area contributed by atoms with Gasteiger partial charge in [0.15, 0.2) is 0 Å². The number of hydrogen-bond acceptors (Lipinski definition) is 7. The molecule has 0 spiro atoms. The fourth-order valence-corrected chi connectivity index (χ4v) is 2.53. The summed E-state index contributed by atoms with van der Waals surface area (Å²) >= 11 is 1.25. The fourth-order valence-electron chi connectivity index (χ4n) is 1.86. The molecule has 2 aromatic heterocycles. The summed E-state index contributed by atoms with van der Waals surface area (Å²) in [5, 5.41) is 12.1. The molecule has 6 nitrogen and oxygen atoms in total. The zero-order valence-corrected chi connectivity index (χ0v) is 11.7. The molecule has 1 aromatic carbocycles. The van der Waals surface area contributed by atoms with Crippen molar-refractivity contribution in [3.63, 3.8) is 0 Å². The molecule has 0 amide bonds. The van der Waals surface area contributed by atoms with Gasteiger partial charge in [-0.25, -0.2) is 0 Å². The van der Waals surface area contributed by atoms with E-state index in [1.807, 2.05) is 37.3 Å². The van der Waals surface area contributed by atoms with Gasteiger partial charge in [0, 0.05) is 0 Å². The van der Waals surface area contributed by atoms with E-state index in [0.717, 1.165) is 22.6 Å². The van der Waals surface area contributed by atoms with Crippen LogP contribution in [-0.4, -0.2) is 19.8 Å². The molecule has 0 bridgehead atoms. The van der Waals surface area contributed by atoms with Crippen molar-refractivity contribution in [2.24, 2.45) is 5.73 Å². The Balaban J connectivity index is 1.91. The number of aromatic nitrogens is 4. The quantitative estimate of drug-likeness (QED) is 0.791. The summed E-state index contributed by atoms with van der Waals surface area (Å²) in [6, 6.07) is 9.22. The number of nitrogens with two attached hydrogens (primary N) is 1. The van der Waals surface area contributed by atoms with Crippen LogP contribution in [0, 0.1) is 0 Å². The topological polar surface area (TPSA) is 90.7 Å². The zero-order chi connectivity index (χ0) is 13.9. The second kappa shape index (κ2) is 5.48. The third kappa shape index (κ3) is 2.33. The first-order valence-electron chi connectivity index (χ1n) is 6.25. The highest BCUT2D eigenvalue weighted by molar-refractivity contribution is 7.09. The highest BCUT2D eigenvalue weighted by atomic mass is 32.1. The van der Waals surface area contributed by atoms with Crippen molar-refractivity contribution in [1.82, 2.24) is 19.8 Å². The molecule has 1 atom stereocenters. The van der Waals surface area contributed by atoms with Gasteiger partial charge in [0.05, 0.1) is 5.69 Å². The fraction of sp³-hybridized carbons (Fsp3) is 0.231. The van der Waals surface area contributed by atoms with Gasteiger partial charge in [-0.05, 0) is 23.5 Å². The minimum Gasteiger partial charge on any atom is -0.418 e. The molecule has 2 heterocycles. The van der Waals surface area contributed by atoms with Gasteiger partial charge in [0.25, 0.3) is 5.89 Å². The lowest BCUT2D eigenvalue weighted by atomic mass is 10.1. The van der Waals surface area contributed by atoms with Crippen molar-refractivity contribution in [3.05, 3.63) is 47.5 Å². The summed E-state index contributed by atoms with van der Waals surface area (Å²) in [5.41, 5.74) is 7.92. The average Bonchev–Trinajstić information content (AvgIpc) is 3.15. The lowest BCUT2D eigenvalue weighted by Gasteiger charge is -2.06. The van der Waals surface area contributed by atoms with Crippen molar-refractivity contribution in [1.29, 1.82) is 0 Å². The van der Waals surface area contributed by atoms with Gasteiger partial charge < -0.3 is 10.2 Å². The maximum Gasteiger partial charge on any atom is 0.261 e. The van der Waals surface area contributed by atoms with E-state index >= 15 is 0 Å². The van der Waals surface area contributed by atoms with E-state index in [9.17, 15) is 0 Å². The number of rotatable bonds is 4. The minimum atomic E-state index is -0.427. The van der Waals surface area contributed by atoms with Crippen LogP contribution in [0.15, 0.2) is 34.7 Å². The Morgan fingerprint density at radius 2 is 2.00 bits per heavy atom. The molecule has 0 fully saturated rings. The molecular weight excluding hydrogens is 274 g/mol. The van der Waals surface area contributed by atoms with Crippen molar-refractivity contribution >= 4 is 11.5 Å². The summed E-state index contributed by atoms with van der Waals surface area (Å²) in [4.78, 5) is 0.812. The SMILES string of the molecule is CCc1nnsc1-c1nnc(C(N)c2ccccc2)o1. The Morgan fingerprint density at radius 1 is 1.20 bits per heavy atom. The van der Waals surface area contributed by atoms with Crippen LogP contribution in [0.3, 0.4) is 0 Å². The lowest BCUT2D eigenvalue weighted by molar-refractivity contribution is 0.484. The molecule has 2 N–H and O–H groups in total. The summed E-state index contributed by atoms with van der Waals surface area (Å²) in [5.74, 6) is 0.819. The maximum atomic E-state index is 6.13. The Labute approximate surface area is 119 Å². The summed E-state index contributed by atoms with van der Waals surface area (Å²) in [7, 11) is 0. The first-order valence-corrected chi connectivity index (χ1v) is 7.02. The standard InChI is InChI=1S/C13H13N5OS/c1-2-9-11(20-18-15-9)13-17-16-12(19-13)10(14)8-6-4-3-5-7-8/h3-7,10H,2,14H2,1H3. The highest BCUT2D eigenvalue weighted by Crippen LogP contribution is 2.27. The van der Waals surface area contributed by atoms with Gasteiger partial charge in [-0.15, -0.1) is 15.3 Å². The summed E-state index contributed by atoms with van der Waals surface area (Å²) in [6.07, 6.45) is 0.772. The monoisotopic (exact) mass is 287 g/mol. The molecule has 20 heavy (non-hydrogen) atoms. The van der Waals surface area contributed by atoms with E-state index in [1.165, 1.54) is 11.5 Å². The third-order valence-corrected chi connectivity index (χ3v) is 3.71. The van der Waals surface area contributed by atoms with Gasteiger partial charge in [0.1, 0.15) is 10.9 Å². The second-order valence-electron chi connectivity index (χ2n) is 4.24. The van der Waals surface area contributed by atoms with Crippen LogP contribution in [0.25, 0.3) is 10.8 Å². The van der Waals surface area contributed by atoms with Gasteiger partial charge >= 0.3 is 0 Å². The van der Waals surface area contributed by atoms with Crippen LogP contribution in [0.2, 0.25) is 0 Å². The van der Waals surface area contributed by atoms with E-state index < -0.39 is 6.04 Å². The molecule has 3 aromatic rings. The minimum absolute atomic E-state index is 0.390. The van der Waals surface area contributed by atoms with Crippen LogP contribution in [-0.2, 0) is 6.42 Å². The Kier molecular flexibility index (Phi) is 3.53. The molecule has 7 heteroatoms. The molecule has 1 unspecified atom stereocenters. The highest BCUT2D eigenvalue weighted by Gasteiger charge is 2.20. The van der Waals surface area contributed by atoms with Crippen LogP contribution in [0.5, 0.6) is 0 Å². The number of aryl methyl sites for hydroxylation is 1. The van der Waals surface area contributed by atoms with E-state index in [-0.39, 0.29) is 0 Å². The second-order valence-corrected chi connectivity index (χ2v) is 4.99. The van der Waals surface area contributed by atoms with Crippen LogP contribution in [0.1, 0.15) is 30.1 Å². The zero-order valence-electron chi connectivity index (χ0n) is 10.9. The number of nitrogens with zero attached hydrogens (tertiary/aromatic N) is 4. The molecule has 3 rings (SSSR count). The van der Waals surface area contributed by atoms with Crippen LogP contribution in [0.4, 0.5) is 0 Å². The molecular formula is C13H13N5OS. The van der Waals surface area contributed by atoms with E-state index in [4.69, 9.17) is 10.2 Å². The van der Waals surface area contributed by atoms with E-state index in [1.54, 1.807) is 0 Å². The predicted molar refractivity (Wildman–Crippen MR) is 75.1 cm³/mol. The molecule has 0 aliphatic carbocycles. The van der Waals surface area contributed by atoms with Gasteiger partial charge in [-0.2, -0.15) is 0 Å². The normalized spacial score (nSPS) is 12.5. The van der Waals surface area contributed by atoms with Crippen molar-refractivity contribution < 1.29 is 4.42 Å². The summed E-state index contributed by atoms with van der Waals surface area (Å²) in [6.45, 7) is 2.01. The Hall–Kier alpha value is -2.12. The first-order chi connectivity index (χ1) is 9.79. The Morgan fingerprint density at radius 3 is 2.75 bits per heavy atom. The largest absolute Gasteiger partial charge is 0.418 e. The van der Waals surface area contributed by atoms with Crippen LogP contribution >= 0.6 is 11.5 Å². The smallest absolute Gasteiger partial charge is 0.261 e. The van der Waals surface area contributed by atoms with Crippen LogP contribution < -0.4 is 5.73 Å². The molecule has 0 aliphatic rings. The Bertz CT molecular complexity index is 694. The van der Waals surface area contributed by atoms with Gasteiger partial charge in [-0.3, -0.25) is 0 Å². The summed E-state index contributed by atoms with van der Waals surface area (Å²) < 4.78 is 9.58. The van der Waals surface area contributed by atoms with E-state index in [0.29, 0.717) is 11.8 Å². The van der Waals surface area contributed by atoms with Gasteiger partial charge in [-0.1, -0.05) is 41.7 Å². The first kappa shape index (κ1) is 12.9. The average molecular weight is 287 g/mol. The number of hydrogen-bond donors (Lipinski definition) is 1. The number of benzene rings is 1. The van der Waals surface area contributed by atoms with Crippen molar-refractivity contribution in [2.75, 3.05) is 0 Å². The van der Waals surface area contributed by atoms with Crippen molar-refractivity contribution in [2.45, 2.75) is 19.4 Å². The molecule has 0 radical (unpaired) electrons. The molecule has 0 saturated heterocycles. The molecule has 102 valence electrons. The third-order valence-electron chi connectivity index (χ3n) is 2.95. The van der Waals surface area contributed by atoms with E-state index in [2.05, 4.69) is 19.8 Å². The molecule has 0 saturated carbocycles. The maximum absolute atomic E-state index is 6.13. The predicted octanol–water partition coefficient (Wildman–Crippen LogP) is 2.20. The lowest BCUT2D eigenvalue weighted by Crippen LogP contribution is -2.11. The molecule has 0 aliphatic heterocycles.